The van der Waals surface area contributed by atoms with Crippen LogP contribution in [0.4, 0.5) is 5.69 Å². The van der Waals surface area contributed by atoms with Gasteiger partial charge in [0.25, 0.3) is 0 Å². The number of carbonyl (C=O) groups is 1. The first-order chi connectivity index (χ1) is 9.54. The van der Waals surface area contributed by atoms with Crippen molar-refractivity contribution in [2.75, 3.05) is 18.1 Å². The first-order valence-corrected chi connectivity index (χ1v) is 8.74. The quantitative estimate of drug-likeness (QED) is 0.870. The van der Waals surface area contributed by atoms with Crippen molar-refractivity contribution in [3.05, 3.63) is 24.3 Å². The van der Waals surface area contributed by atoms with Crippen LogP contribution >= 0.6 is 0 Å². The van der Waals surface area contributed by atoms with E-state index in [1.807, 2.05) is 20.8 Å². The van der Waals surface area contributed by atoms with Crippen molar-refractivity contribution in [1.29, 1.82) is 0 Å². The fraction of sp³-hybridized carbons (Fsp3) is 0.533. The zero-order valence-corrected chi connectivity index (χ0v) is 13.8. The van der Waals surface area contributed by atoms with Gasteiger partial charge in [0, 0.05) is 12.8 Å². The molecule has 0 aliphatic rings. The van der Waals surface area contributed by atoms with Crippen LogP contribution in [0, 0.1) is 11.3 Å². The summed E-state index contributed by atoms with van der Waals surface area (Å²) in [5.74, 6) is -0.596. The molecule has 6 heteroatoms. The molecule has 0 fully saturated rings. The van der Waals surface area contributed by atoms with E-state index in [2.05, 4.69) is 5.32 Å². The van der Waals surface area contributed by atoms with Crippen molar-refractivity contribution in [1.82, 2.24) is 0 Å². The lowest BCUT2D eigenvalue weighted by atomic mass is 9.84. The number of hydrogen-bond donors (Lipinski definition) is 2. The second-order valence-corrected chi connectivity index (χ2v) is 8.44. The van der Waals surface area contributed by atoms with Crippen molar-refractivity contribution in [3.8, 4) is 0 Å². The number of para-hydroxylation sites is 1. The predicted molar refractivity (Wildman–Crippen MR) is 84.8 cm³/mol. The third-order valence-electron chi connectivity index (χ3n) is 3.06. The third-order valence-corrected chi connectivity index (χ3v) is 4.21. The minimum atomic E-state index is -3.39. The lowest BCUT2D eigenvalue weighted by Gasteiger charge is -2.24. The average molecular weight is 312 g/mol. The molecule has 0 aliphatic carbocycles. The van der Waals surface area contributed by atoms with E-state index in [4.69, 9.17) is 5.73 Å². The molecule has 0 heterocycles. The highest BCUT2D eigenvalue weighted by atomic mass is 32.2. The number of rotatable bonds is 5. The van der Waals surface area contributed by atoms with Crippen molar-refractivity contribution in [2.45, 2.75) is 32.1 Å². The fourth-order valence-corrected chi connectivity index (χ4v) is 2.99. The van der Waals surface area contributed by atoms with Gasteiger partial charge >= 0.3 is 0 Å². The van der Waals surface area contributed by atoms with Crippen LogP contribution in [0.5, 0.6) is 0 Å². The molecule has 0 aliphatic heterocycles. The summed E-state index contributed by atoms with van der Waals surface area (Å²) in [5.41, 5.74) is 5.95. The van der Waals surface area contributed by atoms with E-state index in [0.717, 1.165) is 6.26 Å². The van der Waals surface area contributed by atoms with E-state index >= 15 is 0 Å². The molecule has 1 amide bonds. The summed E-state index contributed by atoms with van der Waals surface area (Å²) in [6.45, 7) is 6.33. The van der Waals surface area contributed by atoms with E-state index in [1.165, 1.54) is 6.07 Å². The summed E-state index contributed by atoms with van der Waals surface area (Å²) >= 11 is 0. The molecule has 1 rings (SSSR count). The molecule has 0 radical (unpaired) electrons. The maximum absolute atomic E-state index is 12.3. The van der Waals surface area contributed by atoms with Gasteiger partial charge in [-0.25, -0.2) is 8.42 Å². The van der Waals surface area contributed by atoms with Gasteiger partial charge in [0.05, 0.1) is 16.5 Å². The van der Waals surface area contributed by atoms with Crippen LogP contribution in [0.25, 0.3) is 0 Å². The molecular weight excluding hydrogens is 288 g/mol. The molecular formula is C15H24N2O3S. The van der Waals surface area contributed by atoms with Gasteiger partial charge in [-0.05, 0) is 24.0 Å². The van der Waals surface area contributed by atoms with Crippen LogP contribution in [-0.4, -0.2) is 27.1 Å². The topological polar surface area (TPSA) is 89.3 Å². The van der Waals surface area contributed by atoms with Crippen LogP contribution < -0.4 is 11.1 Å². The van der Waals surface area contributed by atoms with Gasteiger partial charge in [0.1, 0.15) is 0 Å². The van der Waals surface area contributed by atoms with Crippen molar-refractivity contribution in [3.63, 3.8) is 0 Å². The van der Waals surface area contributed by atoms with Crippen LogP contribution in [0.2, 0.25) is 0 Å². The first-order valence-electron chi connectivity index (χ1n) is 6.84. The van der Waals surface area contributed by atoms with Gasteiger partial charge < -0.3 is 11.1 Å². The van der Waals surface area contributed by atoms with E-state index in [1.54, 1.807) is 18.2 Å². The molecule has 5 nitrogen and oxygen atoms in total. The summed E-state index contributed by atoms with van der Waals surface area (Å²) in [6.07, 6.45) is 1.75. The van der Waals surface area contributed by atoms with Crippen molar-refractivity contribution in [2.24, 2.45) is 17.1 Å². The van der Waals surface area contributed by atoms with Crippen molar-refractivity contribution >= 4 is 21.4 Å². The lowest BCUT2D eigenvalue weighted by Crippen LogP contribution is -2.32. The number of anilines is 1. The summed E-state index contributed by atoms with van der Waals surface area (Å²) in [6, 6.07) is 6.37. The largest absolute Gasteiger partial charge is 0.330 e. The van der Waals surface area contributed by atoms with E-state index in [0.29, 0.717) is 12.1 Å². The molecule has 0 aromatic heterocycles. The van der Waals surface area contributed by atoms with Crippen LogP contribution in [0.1, 0.15) is 27.2 Å². The van der Waals surface area contributed by atoms with Gasteiger partial charge in [0.15, 0.2) is 9.84 Å². The summed E-state index contributed by atoms with van der Waals surface area (Å²) in [5, 5.41) is 2.69. The van der Waals surface area contributed by atoms with E-state index in [9.17, 15) is 13.2 Å². The second-order valence-electron chi connectivity index (χ2n) is 6.45. The van der Waals surface area contributed by atoms with Crippen LogP contribution in [0.15, 0.2) is 29.2 Å². The van der Waals surface area contributed by atoms with E-state index < -0.39 is 9.84 Å². The van der Waals surface area contributed by atoms with Gasteiger partial charge in [-0.1, -0.05) is 32.9 Å². The normalized spacial score (nSPS) is 13.8. The molecule has 0 saturated carbocycles. The summed E-state index contributed by atoms with van der Waals surface area (Å²) in [7, 11) is -3.39. The maximum atomic E-state index is 12.3. The van der Waals surface area contributed by atoms with Crippen LogP contribution in [0.3, 0.4) is 0 Å². The Bertz CT molecular complexity index is 604. The zero-order valence-electron chi connectivity index (χ0n) is 13.0. The Balaban J connectivity index is 2.98. The lowest BCUT2D eigenvalue weighted by molar-refractivity contribution is -0.120. The Kier molecular flexibility index (Phi) is 5.53. The molecule has 0 saturated heterocycles. The number of benzene rings is 1. The second kappa shape index (κ2) is 6.58. The predicted octanol–water partition coefficient (Wildman–Crippen LogP) is 2.04. The highest BCUT2D eigenvalue weighted by Gasteiger charge is 2.25. The SMILES string of the molecule is CC(C)(C)CC(CN)C(=O)Nc1ccccc1S(C)(=O)=O. The molecule has 1 unspecified atom stereocenters. The molecule has 118 valence electrons. The highest BCUT2D eigenvalue weighted by Crippen LogP contribution is 2.26. The minimum absolute atomic E-state index is 0.0300. The number of nitrogens with one attached hydrogen (secondary N) is 1. The first kappa shape index (κ1) is 17.7. The molecule has 1 aromatic rings. The minimum Gasteiger partial charge on any atom is -0.330 e. The Hall–Kier alpha value is -1.40. The smallest absolute Gasteiger partial charge is 0.228 e. The Morgan fingerprint density at radius 1 is 1.29 bits per heavy atom. The number of hydrogen-bond acceptors (Lipinski definition) is 4. The zero-order chi connectivity index (χ0) is 16.3. The standard InChI is InChI=1S/C15H24N2O3S/c1-15(2,3)9-11(10-16)14(18)17-12-7-5-6-8-13(12)21(4,19)20/h5-8,11H,9-10,16H2,1-4H3,(H,17,18). The van der Waals surface area contributed by atoms with Gasteiger partial charge in [0.2, 0.25) is 5.91 Å². The van der Waals surface area contributed by atoms with Gasteiger partial charge in [-0.15, -0.1) is 0 Å². The number of nitrogens with two attached hydrogens (primary N) is 1. The Morgan fingerprint density at radius 2 is 1.86 bits per heavy atom. The molecule has 1 aromatic carbocycles. The molecule has 0 spiro atoms. The van der Waals surface area contributed by atoms with Gasteiger partial charge in [-0.2, -0.15) is 0 Å². The highest BCUT2D eigenvalue weighted by molar-refractivity contribution is 7.90. The third kappa shape index (κ3) is 5.47. The van der Waals surface area contributed by atoms with E-state index in [-0.39, 0.29) is 28.7 Å². The van der Waals surface area contributed by atoms with Crippen LogP contribution in [-0.2, 0) is 14.6 Å². The molecule has 0 bridgehead atoms. The summed E-state index contributed by atoms with van der Waals surface area (Å²) < 4.78 is 23.5. The Morgan fingerprint density at radius 3 is 2.33 bits per heavy atom. The number of sulfone groups is 1. The molecule has 21 heavy (non-hydrogen) atoms. The average Bonchev–Trinajstić information content (AvgIpc) is 2.34. The number of carbonyl (C=O) groups excluding carboxylic acids is 1. The Labute approximate surface area is 126 Å². The monoisotopic (exact) mass is 312 g/mol. The summed E-state index contributed by atoms with van der Waals surface area (Å²) in [4.78, 5) is 12.4. The molecule has 1 atom stereocenters. The maximum Gasteiger partial charge on any atom is 0.228 e. The molecule has 3 N–H and O–H groups in total. The van der Waals surface area contributed by atoms with Crippen molar-refractivity contribution < 1.29 is 13.2 Å². The fourth-order valence-electron chi connectivity index (χ4n) is 2.15. The number of amides is 1. The van der Waals surface area contributed by atoms with Gasteiger partial charge in [-0.3, -0.25) is 4.79 Å².